The van der Waals surface area contributed by atoms with Crippen LogP contribution in [0.15, 0.2) is 0 Å². The van der Waals surface area contributed by atoms with Crippen molar-refractivity contribution in [1.82, 2.24) is 10.2 Å². The summed E-state index contributed by atoms with van der Waals surface area (Å²) >= 11 is 0. The van der Waals surface area contributed by atoms with Gasteiger partial charge in [-0.2, -0.15) is 0 Å². The molecular weight excluding hydrogens is 192 g/mol. The van der Waals surface area contributed by atoms with Crippen LogP contribution in [0.4, 0.5) is 0 Å². The lowest BCUT2D eigenvalue weighted by Crippen LogP contribution is -2.50. The van der Waals surface area contributed by atoms with Crippen LogP contribution in [0.2, 0.25) is 0 Å². The molecule has 0 aromatic carbocycles. The maximum absolute atomic E-state index is 11.7. The molecule has 1 aliphatic heterocycles. The fourth-order valence-corrected chi connectivity index (χ4v) is 1.51. The molecule has 0 unspecified atom stereocenters. The summed E-state index contributed by atoms with van der Waals surface area (Å²) in [7, 11) is 0. The third kappa shape index (κ3) is 4.18. The van der Waals surface area contributed by atoms with Crippen molar-refractivity contribution in [2.24, 2.45) is 5.92 Å². The molecule has 1 saturated heterocycles. The normalized spacial score (nSPS) is 16.5. The Labute approximate surface area is 92.0 Å². The van der Waals surface area contributed by atoms with Crippen LogP contribution < -0.4 is 5.32 Å². The third-order valence-corrected chi connectivity index (χ3v) is 2.51. The van der Waals surface area contributed by atoms with Gasteiger partial charge in [-0.25, -0.2) is 0 Å². The molecule has 4 nitrogen and oxygen atoms in total. The number of amides is 1. The smallest absolute Gasteiger partial charge is 0.248 e. The molecule has 1 fully saturated rings. The molecule has 0 aromatic heterocycles. The molecule has 0 radical (unpaired) electrons. The minimum atomic E-state index is 0.109. The van der Waals surface area contributed by atoms with E-state index < -0.39 is 0 Å². The van der Waals surface area contributed by atoms with Crippen LogP contribution in [0.1, 0.15) is 20.8 Å². The van der Waals surface area contributed by atoms with Gasteiger partial charge in [0.25, 0.3) is 0 Å². The second kappa shape index (κ2) is 6.08. The first-order valence-electron chi connectivity index (χ1n) is 5.73. The van der Waals surface area contributed by atoms with Gasteiger partial charge >= 0.3 is 0 Å². The Hall–Kier alpha value is -0.610. The van der Waals surface area contributed by atoms with E-state index in [0.29, 0.717) is 5.92 Å². The van der Waals surface area contributed by atoms with E-state index in [2.05, 4.69) is 19.2 Å². The summed E-state index contributed by atoms with van der Waals surface area (Å²) in [5.74, 6) is 0.623. The summed E-state index contributed by atoms with van der Waals surface area (Å²) in [4.78, 5) is 13.6. The summed E-state index contributed by atoms with van der Waals surface area (Å²) in [5.41, 5.74) is 0. The Balaban J connectivity index is 2.22. The highest BCUT2D eigenvalue weighted by Gasteiger charge is 2.20. The standard InChI is InChI=1S/C11H22N2O2/c1-4-13(7-9(2)3)11(14)8-15-10-5-12-6-10/h9-10,12H,4-8H2,1-3H3. The lowest BCUT2D eigenvalue weighted by atomic mass is 10.2. The average molecular weight is 214 g/mol. The zero-order valence-electron chi connectivity index (χ0n) is 9.95. The van der Waals surface area contributed by atoms with Crippen molar-refractivity contribution in [2.45, 2.75) is 26.9 Å². The molecule has 1 amide bonds. The summed E-state index contributed by atoms with van der Waals surface area (Å²) in [5, 5.41) is 3.11. The van der Waals surface area contributed by atoms with Gasteiger partial charge in [-0.3, -0.25) is 4.79 Å². The van der Waals surface area contributed by atoms with E-state index >= 15 is 0 Å². The van der Waals surface area contributed by atoms with E-state index in [1.54, 1.807) is 0 Å². The number of nitrogens with zero attached hydrogens (tertiary/aromatic N) is 1. The summed E-state index contributed by atoms with van der Waals surface area (Å²) < 4.78 is 5.45. The summed E-state index contributed by atoms with van der Waals surface area (Å²) in [6.07, 6.45) is 0.242. The van der Waals surface area contributed by atoms with E-state index in [0.717, 1.165) is 26.2 Å². The van der Waals surface area contributed by atoms with Gasteiger partial charge in [-0.15, -0.1) is 0 Å². The first-order valence-corrected chi connectivity index (χ1v) is 5.73. The third-order valence-electron chi connectivity index (χ3n) is 2.51. The van der Waals surface area contributed by atoms with E-state index in [1.165, 1.54) is 0 Å². The van der Waals surface area contributed by atoms with Crippen LogP contribution in [0.3, 0.4) is 0 Å². The van der Waals surface area contributed by atoms with Crippen LogP contribution in [0.5, 0.6) is 0 Å². The highest BCUT2D eigenvalue weighted by atomic mass is 16.5. The predicted octanol–water partition coefficient (Wildman–Crippen LogP) is 0.479. The van der Waals surface area contributed by atoms with E-state index in [4.69, 9.17) is 4.74 Å². The van der Waals surface area contributed by atoms with Gasteiger partial charge < -0.3 is 15.0 Å². The van der Waals surface area contributed by atoms with Crippen molar-refractivity contribution >= 4 is 5.91 Å². The maximum Gasteiger partial charge on any atom is 0.248 e. The first kappa shape index (κ1) is 12.5. The summed E-state index contributed by atoms with van der Waals surface area (Å²) in [6, 6.07) is 0. The monoisotopic (exact) mass is 214 g/mol. The van der Waals surface area contributed by atoms with Crippen LogP contribution >= 0.6 is 0 Å². The van der Waals surface area contributed by atoms with Crippen molar-refractivity contribution in [2.75, 3.05) is 32.8 Å². The predicted molar refractivity (Wildman–Crippen MR) is 59.7 cm³/mol. The van der Waals surface area contributed by atoms with Gasteiger partial charge in [-0.05, 0) is 12.8 Å². The van der Waals surface area contributed by atoms with Crippen molar-refractivity contribution in [3.63, 3.8) is 0 Å². The SMILES string of the molecule is CCN(CC(C)C)C(=O)COC1CNC1. The molecular formula is C11H22N2O2. The molecule has 0 saturated carbocycles. The highest BCUT2D eigenvalue weighted by Crippen LogP contribution is 2.02. The van der Waals surface area contributed by atoms with Crippen molar-refractivity contribution in [1.29, 1.82) is 0 Å². The van der Waals surface area contributed by atoms with Gasteiger partial charge in [-0.1, -0.05) is 13.8 Å². The molecule has 1 N–H and O–H groups in total. The topological polar surface area (TPSA) is 41.6 Å². The molecule has 1 aliphatic rings. The molecule has 0 aliphatic carbocycles. The Morgan fingerprint density at radius 3 is 2.60 bits per heavy atom. The first-order chi connectivity index (χ1) is 7.13. The van der Waals surface area contributed by atoms with Gasteiger partial charge in [0.15, 0.2) is 0 Å². The quantitative estimate of drug-likeness (QED) is 0.699. The van der Waals surface area contributed by atoms with Gasteiger partial charge in [0, 0.05) is 26.2 Å². The number of likely N-dealkylation sites (N-methyl/N-ethyl adjacent to an activating group) is 1. The molecule has 0 spiro atoms. The molecule has 4 heteroatoms. The van der Waals surface area contributed by atoms with E-state index in [1.807, 2.05) is 11.8 Å². The molecule has 0 atom stereocenters. The van der Waals surface area contributed by atoms with Crippen molar-refractivity contribution in [3.8, 4) is 0 Å². The summed E-state index contributed by atoms with van der Waals surface area (Å²) in [6.45, 7) is 9.81. The Kier molecular flexibility index (Phi) is 5.05. The van der Waals surface area contributed by atoms with Gasteiger partial charge in [0.2, 0.25) is 5.91 Å². The number of nitrogens with one attached hydrogen (secondary N) is 1. The van der Waals surface area contributed by atoms with E-state index in [9.17, 15) is 4.79 Å². The second-order valence-corrected chi connectivity index (χ2v) is 4.42. The Morgan fingerprint density at radius 2 is 2.20 bits per heavy atom. The molecule has 0 aromatic rings. The zero-order chi connectivity index (χ0) is 11.3. The van der Waals surface area contributed by atoms with Crippen molar-refractivity contribution in [3.05, 3.63) is 0 Å². The Morgan fingerprint density at radius 1 is 1.53 bits per heavy atom. The van der Waals surface area contributed by atoms with Crippen molar-refractivity contribution < 1.29 is 9.53 Å². The number of carbonyl (C=O) groups is 1. The molecule has 1 rings (SSSR count). The van der Waals surface area contributed by atoms with Crippen LogP contribution in [0, 0.1) is 5.92 Å². The van der Waals surface area contributed by atoms with Gasteiger partial charge in [0.05, 0.1) is 6.10 Å². The number of rotatable bonds is 6. The minimum Gasteiger partial charge on any atom is -0.366 e. The lowest BCUT2D eigenvalue weighted by Gasteiger charge is -2.29. The van der Waals surface area contributed by atoms with Crippen LogP contribution in [0.25, 0.3) is 0 Å². The highest BCUT2D eigenvalue weighted by molar-refractivity contribution is 5.77. The van der Waals surface area contributed by atoms with Crippen LogP contribution in [-0.4, -0.2) is 49.7 Å². The largest absolute Gasteiger partial charge is 0.366 e. The number of carbonyl (C=O) groups excluding carboxylic acids is 1. The van der Waals surface area contributed by atoms with Gasteiger partial charge in [0.1, 0.15) is 6.61 Å². The van der Waals surface area contributed by atoms with E-state index in [-0.39, 0.29) is 18.6 Å². The molecule has 15 heavy (non-hydrogen) atoms. The van der Waals surface area contributed by atoms with Crippen LogP contribution in [-0.2, 0) is 9.53 Å². The number of hydrogen-bond acceptors (Lipinski definition) is 3. The molecule has 88 valence electrons. The lowest BCUT2D eigenvalue weighted by molar-refractivity contribution is -0.139. The zero-order valence-corrected chi connectivity index (χ0v) is 9.95. The molecule has 0 bridgehead atoms. The fourth-order valence-electron chi connectivity index (χ4n) is 1.51. The molecule has 1 heterocycles. The Bertz CT molecular complexity index is 203. The fraction of sp³-hybridized carbons (Fsp3) is 0.909. The number of ether oxygens (including phenoxy) is 1. The second-order valence-electron chi connectivity index (χ2n) is 4.42. The minimum absolute atomic E-state index is 0.109. The maximum atomic E-state index is 11.7. The average Bonchev–Trinajstić information content (AvgIpc) is 2.11. The number of hydrogen-bond donors (Lipinski definition) is 1.